The van der Waals surface area contributed by atoms with Gasteiger partial charge in [0.2, 0.25) is 5.91 Å². The van der Waals surface area contributed by atoms with E-state index in [-0.39, 0.29) is 22.8 Å². The van der Waals surface area contributed by atoms with Crippen molar-refractivity contribution >= 4 is 62.8 Å². The highest BCUT2D eigenvalue weighted by molar-refractivity contribution is 8.00. The van der Waals surface area contributed by atoms with E-state index in [0.717, 1.165) is 4.90 Å². The van der Waals surface area contributed by atoms with Crippen LogP contribution in [0.1, 0.15) is 23.0 Å². The third kappa shape index (κ3) is 6.32. The van der Waals surface area contributed by atoms with Gasteiger partial charge in [0.05, 0.1) is 20.7 Å². The number of non-ortho nitro benzene ring substituents is 1. The van der Waals surface area contributed by atoms with E-state index in [1.54, 1.807) is 23.6 Å². The molecule has 2 heterocycles. The molecule has 1 unspecified atom stereocenters. The molecule has 2 aromatic carbocycles. The van der Waals surface area contributed by atoms with E-state index in [0.29, 0.717) is 33.4 Å². The van der Waals surface area contributed by atoms with Gasteiger partial charge in [0.1, 0.15) is 0 Å². The van der Waals surface area contributed by atoms with Crippen molar-refractivity contribution in [3.8, 4) is 11.3 Å². The van der Waals surface area contributed by atoms with Crippen molar-refractivity contribution in [1.82, 2.24) is 4.98 Å². The van der Waals surface area contributed by atoms with Gasteiger partial charge in [-0.3, -0.25) is 19.7 Å². The summed E-state index contributed by atoms with van der Waals surface area (Å²) in [6, 6.07) is 17.2. The monoisotopic (exact) mass is 524 g/mol. The summed E-state index contributed by atoms with van der Waals surface area (Å²) in [5.74, 6) is -0.360. The number of hydrogen-bond donors (Lipinski definition) is 2. The van der Waals surface area contributed by atoms with E-state index in [1.807, 2.05) is 42.6 Å². The lowest BCUT2D eigenvalue weighted by molar-refractivity contribution is -0.384. The number of aromatic nitrogens is 1. The predicted molar refractivity (Wildman–Crippen MR) is 141 cm³/mol. The summed E-state index contributed by atoms with van der Waals surface area (Å²) in [4.78, 5) is 41.7. The molecular weight excluding hydrogens is 504 g/mol. The van der Waals surface area contributed by atoms with Crippen molar-refractivity contribution in [1.29, 1.82) is 0 Å². The highest BCUT2D eigenvalue weighted by Gasteiger charge is 2.20. The Kier molecular flexibility index (Phi) is 7.91. The number of nitro groups is 1. The van der Waals surface area contributed by atoms with Crippen molar-refractivity contribution in [2.75, 3.05) is 10.6 Å². The van der Waals surface area contributed by atoms with E-state index in [2.05, 4.69) is 15.6 Å². The maximum Gasteiger partial charge on any atom is 0.270 e. The summed E-state index contributed by atoms with van der Waals surface area (Å²) in [6.45, 7) is 1.93. The van der Waals surface area contributed by atoms with Gasteiger partial charge in [-0.1, -0.05) is 31.2 Å². The van der Waals surface area contributed by atoms with Crippen LogP contribution in [0.4, 0.5) is 16.5 Å². The molecule has 1 atom stereocenters. The molecule has 0 spiro atoms. The fourth-order valence-electron chi connectivity index (χ4n) is 3.16. The van der Waals surface area contributed by atoms with Crippen LogP contribution in [0.2, 0.25) is 0 Å². The Bertz CT molecular complexity index is 1350. The fraction of sp³-hybridized carbons (Fsp3) is 0.125. The molecule has 0 aliphatic rings. The van der Waals surface area contributed by atoms with E-state index >= 15 is 0 Å². The van der Waals surface area contributed by atoms with Crippen LogP contribution in [0, 0.1) is 10.1 Å². The maximum atomic E-state index is 12.9. The number of anilines is 2. The topological polar surface area (TPSA) is 114 Å². The molecule has 11 heteroatoms. The number of thiophene rings is 1. The third-order valence-corrected chi connectivity index (χ3v) is 7.85. The zero-order valence-electron chi connectivity index (χ0n) is 18.5. The lowest BCUT2D eigenvalue weighted by atomic mass is 10.1. The molecule has 0 radical (unpaired) electrons. The van der Waals surface area contributed by atoms with Crippen LogP contribution in [0.25, 0.3) is 11.3 Å². The molecule has 0 aliphatic carbocycles. The van der Waals surface area contributed by atoms with Crippen LogP contribution >= 0.6 is 34.4 Å². The number of carbonyl (C=O) groups is 2. The summed E-state index contributed by atoms with van der Waals surface area (Å²) in [5, 5.41) is 20.4. The number of thiazole rings is 1. The average molecular weight is 525 g/mol. The second-order valence-electron chi connectivity index (χ2n) is 7.31. The first-order valence-corrected chi connectivity index (χ1v) is 13.2. The van der Waals surface area contributed by atoms with E-state index in [1.165, 1.54) is 46.6 Å². The Morgan fingerprint density at radius 1 is 1.09 bits per heavy atom. The highest BCUT2D eigenvalue weighted by atomic mass is 32.2. The third-order valence-electron chi connectivity index (χ3n) is 4.87. The van der Waals surface area contributed by atoms with Crippen molar-refractivity contribution < 1.29 is 14.5 Å². The Morgan fingerprint density at radius 2 is 1.91 bits per heavy atom. The Morgan fingerprint density at radius 3 is 2.66 bits per heavy atom. The van der Waals surface area contributed by atoms with Crippen LogP contribution in [0.15, 0.2) is 76.3 Å². The van der Waals surface area contributed by atoms with Gasteiger partial charge in [0, 0.05) is 33.7 Å². The number of amides is 2. The number of hydrogen-bond acceptors (Lipinski definition) is 8. The number of nitrogens with zero attached hydrogens (tertiary/aromatic N) is 2. The van der Waals surface area contributed by atoms with Gasteiger partial charge in [0.15, 0.2) is 5.13 Å². The van der Waals surface area contributed by atoms with Crippen LogP contribution in [-0.2, 0) is 4.79 Å². The fourth-order valence-corrected chi connectivity index (χ4v) is 5.52. The molecule has 0 fully saturated rings. The molecule has 0 aliphatic heterocycles. The van der Waals surface area contributed by atoms with Crippen molar-refractivity contribution in [2.24, 2.45) is 0 Å². The Balaban J connectivity index is 1.40. The number of benzene rings is 2. The van der Waals surface area contributed by atoms with Gasteiger partial charge in [-0.25, -0.2) is 4.98 Å². The summed E-state index contributed by atoms with van der Waals surface area (Å²) >= 11 is 4.04. The second-order valence-corrected chi connectivity index (χ2v) is 10.4. The first-order valence-electron chi connectivity index (χ1n) is 10.6. The van der Waals surface area contributed by atoms with Crippen LogP contribution in [0.3, 0.4) is 0 Å². The van der Waals surface area contributed by atoms with Crippen LogP contribution < -0.4 is 10.6 Å². The zero-order valence-corrected chi connectivity index (χ0v) is 20.9. The lowest BCUT2D eigenvalue weighted by Crippen LogP contribution is -2.24. The molecule has 8 nitrogen and oxygen atoms in total. The zero-order chi connectivity index (χ0) is 24.8. The van der Waals surface area contributed by atoms with Gasteiger partial charge in [-0.2, -0.15) is 0 Å². The maximum absolute atomic E-state index is 12.9. The summed E-state index contributed by atoms with van der Waals surface area (Å²) in [5.41, 5.74) is 1.81. The molecule has 2 aromatic heterocycles. The lowest BCUT2D eigenvalue weighted by Gasteiger charge is -2.14. The number of rotatable bonds is 9. The summed E-state index contributed by atoms with van der Waals surface area (Å²) < 4.78 is 0. The molecule has 2 amide bonds. The minimum atomic E-state index is -0.454. The quantitative estimate of drug-likeness (QED) is 0.146. The van der Waals surface area contributed by atoms with Crippen molar-refractivity contribution in [3.63, 3.8) is 0 Å². The van der Waals surface area contributed by atoms with Crippen molar-refractivity contribution in [2.45, 2.75) is 23.5 Å². The molecule has 0 bridgehead atoms. The molecule has 0 saturated heterocycles. The number of carbonyl (C=O) groups excluding carboxylic acids is 2. The Labute approximate surface area is 213 Å². The number of thioether (sulfide) groups is 1. The highest BCUT2D eigenvalue weighted by Crippen LogP contribution is 2.31. The SMILES string of the molecule is CCC(Sc1cccc(NC(=O)c2cccs2)c1)C(=O)Nc1nc(-c2cccc([N+](=O)[O-])c2)cs1. The molecule has 4 aromatic rings. The largest absolute Gasteiger partial charge is 0.321 e. The number of nitrogens with one attached hydrogen (secondary N) is 2. The predicted octanol–water partition coefficient (Wildman–Crippen LogP) is 6.54. The van der Waals surface area contributed by atoms with Gasteiger partial charge in [-0.05, 0) is 36.1 Å². The molecule has 178 valence electrons. The summed E-state index contributed by atoms with van der Waals surface area (Å²) in [7, 11) is 0. The van der Waals surface area contributed by atoms with Gasteiger partial charge >= 0.3 is 0 Å². The van der Waals surface area contributed by atoms with Gasteiger partial charge in [-0.15, -0.1) is 34.4 Å². The summed E-state index contributed by atoms with van der Waals surface area (Å²) in [6.07, 6.45) is 0.589. The molecule has 0 saturated carbocycles. The van der Waals surface area contributed by atoms with Gasteiger partial charge < -0.3 is 10.6 Å². The van der Waals surface area contributed by atoms with E-state index in [9.17, 15) is 19.7 Å². The molecule has 35 heavy (non-hydrogen) atoms. The molecule has 2 N–H and O–H groups in total. The van der Waals surface area contributed by atoms with Crippen LogP contribution in [-0.4, -0.2) is 27.0 Å². The van der Waals surface area contributed by atoms with Crippen molar-refractivity contribution in [3.05, 3.63) is 86.4 Å². The minimum absolute atomic E-state index is 0.0164. The normalized spacial score (nSPS) is 11.6. The van der Waals surface area contributed by atoms with E-state index in [4.69, 9.17) is 0 Å². The minimum Gasteiger partial charge on any atom is -0.321 e. The van der Waals surface area contributed by atoms with Crippen LogP contribution in [0.5, 0.6) is 0 Å². The molecular formula is C24H20N4O4S3. The smallest absolute Gasteiger partial charge is 0.270 e. The second kappa shape index (κ2) is 11.3. The number of nitro benzene ring substituents is 1. The standard InChI is InChI=1S/C24H20N4O4S3/c1-2-20(35-18-9-4-7-16(13-18)25-23(30)21-10-5-11-33-21)22(29)27-24-26-19(14-34-24)15-6-3-8-17(12-15)28(31)32/h3-14,20H,2H2,1H3,(H,25,30)(H,26,27,29). The average Bonchev–Trinajstić information content (AvgIpc) is 3.55. The Hall–Kier alpha value is -3.54. The first kappa shape index (κ1) is 24.6. The van der Waals surface area contributed by atoms with Gasteiger partial charge in [0.25, 0.3) is 11.6 Å². The van der Waals surface area contributed by atoms with E-state index < -0.39 is 4.92 Å². The first-order chi connectivity index (χ1) is 16.9. The molecule has 4 rings (SSSR count).